The Balaban J connectivity index is 2.09. The molecule has 2 rings (SSSR count). The summed E-state index contributed by atoms with van der Waals surface area (Å²) in [5.41, 5.74) is 2.45. The van der Waals surface area contributed by atoms with Crippen molar-refractivity contribution in [2.75, 3.05) is 7.11 Å². The first kappa shape index (κ1) is 12.6. The number of ether oxygens (including phenoxy) is 1. The number of nitrogens with one attached hydrogen (secondary N) is 1. The number of thiophene rings is 1. The second-order valence-corrected chi connectivity index (χ2v) is 4.67. The third-order valence-corrected chi connectivity index (χ3v) is 3.37. The average molecular weight is 265 g/mol. The van der Waals surface area contributed by atoms with E-state index in [0.29, 0.717) is 18.0 Å². The third-order valence-electron chi connectivity index (χ3n) is 2.69. The van der Waals surface area contributed by atoms with E-state index in [0.717, 1.165) is 11.3 Å². The molecule has 2 heterocycles. The first-order valence-electron chi connectivity index (χ1n) is 5.50. The second-order valence-electron chi connectivity index (χ2n) is 3.89. The summed E-state index contributed by atoms with van der Waals surface area (Å²) in [5.74, 6) is 0.597. The molecule has 0 aromatic carbocycles. The minimum Gasteiger partial charge on any atom is -0.481 e. The van der Waals surface area contributed by atoms with Gasteiger partial charge in [-0.1, -0.05) is 0 Å². The van der Waals surface area contributed by atoms with Crippen LogP contribution in [-0.4, -0.2) is 22.8 Å². The van der Waals surface area contributed by atoms with Crippen molar-refractivity contribution in [3.8, 4) is 5.88 Å². The van der Waals surface area contributed by atoms with Crippen LogP contribution in [0.2, 0.25) is 0 Å². The van der Waals surface area contributed by atoms with Crippen LogP contribution in [0.1, 0.15) is 21.6 Å². The standard InChI is InChI=1S/C12H15N3O2S/c1-8-10(12(17-3)15(2)14-8)6-13-11(16)9-4-5-18-7-9/h4-5,7H,6H2,1-3H3,(H,13,16). The van der Waals surface area contributed by atoms with Crippen LogP contribution in [0.3, 0.4) is 0 Å². The fourth-order valence-electron chi connectivity index (χ4n) is 1.80. The Kier molecular flexibility index (Phi) is 3.66. The number of rotatable bonds is 4. The maximum Gasteiger partial charge on any atom is 0.252 e. The fraction of sp³-hybridized carbons (Fsp3) is 0.333. The van der Waals surface area contributed by atoms with Gasteiger partial charge < -0.3 is 10.1 Å². The SMILES string of the molecule is COc1c(CNC(=O)c2ccsc2)c(C)nn1C. The Morgan fingerprint density at radius 3 is 3.00 bits per heavy atom. The summed E-state index contributed by atoms with van der Waals surface area (Å²) in [6.45, 7) is 2.31. The number of carbonyl (C=O) groups is 1. The van der Waals surface area contributed by atoms with Gasteiger partial charge in [-0.25, -0.2) is 4.68 Å². The van der Waals surface area contributed by atoms with Crippen LogP contribution in [0.5, 0.6) is 5.88 Å². The number of aryl methyl sites for hydroxylation is 2. The highest BCUT2D eigenvalue weighted by molar-refractivity contribution is 7.08. The number of nitrogens with zero attached hydrogens (tertiary/aromatic N) is 2. The van der Waals surface area contributed by atoms with Gasteiger partial charge in [-0.15, -0.1) is 0 Å². The van der Waals surface area contributed by atoms with Crippen LogP contribution in [-0.2, 0) is 13.6 Å². The van der Waals surface area contributed by atoms with Gasteiger partial charge in [0, 0.05) is 18.0 Å². The molecule has 0 saturated carbocycles. The van der Waals surface area contributed by atoms with Crippen LogP contribution in [0.15, 0.2) is 16.8 Å². The largest absolute Gasteiger partial charge is 0.481 e. The summed E-state index contributed by atoms with van der Waals surface area (Å²) in [6, 6.07) is 1.80. The lowest BCUT2D eigenvalue weighted by Crippen LogP contribution is -2.22. The smallest absolute Gasteiger partial charge is 0.252 e. The predicted molar refractivity (Wildman–Crippen MR) is 70.0 cm³/mol. The summed E-state index contributed by atoms with van der Waals surface area (Å²) in [7, 11) is 3.41. The highest BCUT2D eigenvalue weighted by atomic mass is 32.1. The van der Waals surface area contributed by atoms with Gasteiger partial charge in [0.25, 0.3) is 5.91 Å². The van der Waals surface area contributed by atoms with Crippen LogP contribution in [0.4, 0.5) is 0 Å². The van der Waals surface area contributed by atoms with Crippen LogP contribution >= 0.6 is 11.3 Å². The summed E-state index contributed by atoms with van der Waals surface area (Å²) in [5, 5.41) is 10.8. The Labute approximate surface area is 109 Å². The van der Waals surface area contributed by atoms with E-state index in [1.54, 1.807) is 17.9 Å². The van der Waals surface area contributed by atoms with E-state index in [9.17, 15) is 4.79 Å². The van der Waals surface area contributed by atoms with E-state index >= 15 is 0 Å². The van der Waals surface area contributed by atoms with Gasteiger partial charge >= 0.3 is 0 Å². The number of methoxy groups -OCH3 is 1. The molecule has 1 N–H and O–H groups in total. The zero-order valence-corrected chi connectivity index (χ0v) is 11.4. The molecule has 0 bridgehead atoms. The van der Waals surface area contributed by atoms with Crippen LogP contribution in [0.25, 0.3) is 0 Å². The van der Waals surface area contributed by atoms with Gasteiger partial charge in [-0.05, 0) is 18.4 Å². The Morgan fingerprint density at radius 2 is 2.39 bits per heavy atom. The van der Waals surface area contributed by atoms with E-state index in [2.05, 4.69) is 10.4 Å². The summed E-state index contributed by atoms with van der Waals surface area (Å²) in [6.07, 6.45) is 0. The van der Waals surface area contributed by atoms with Crippen molar-refractivity contribution in [2.24, 2.45) is 7.05 Å². The van der Waals surface area contributed by atoms with E-state index in [4.69, 9.17) is 4.74 Å². The molecule has 0 saturated heterocycles. The molecule has 0 aliphatic heterocycles. The molecule has 0 aliphatic carbocycles. The van der Waals surface area contributed by atoms with Crippen LogP contribution in [0, 0.1) is 6.92 Å². The number of hydrogen-bond donors (Lipinski definition) is 1. The van der Waals surface area contributed by atoms with Gasteiger partial charge in [-0.2, -0.15) is 16.4 Å². The highest BCUT2D eigenvalue weighted by Gasteiger charge is 2.15. The topological polar surface area (TPSA) is 56.1 Å². The quantitative estimate of drug-likeness (QED) is 0.916. The number of aromatic nitrogens is 2. The van der Waals surface area contributed by atoms with Crippen LogP contribution < -0.4 is 10.1 Å². The third kappa shape index (κ3) is 2.38. The van der Waals surface area contributed by atoms with Gasteiger partial charge in [0.15, 0.2) is 0 Å². The predicted octanol–water partition coefficient (Wildman–Crippen LogP) is 1.73. The maximum absolute atomic E-state index is 11.8. The van der Waals surface area contributed by atoms with Gasteiger partial charge in [0.05, 0.1) is 24.9 Å². The van der Waals surface area contributed by atoms with E-state index in [1.165, 1.54) is 11.3 Å². The zero-order chi connectivity index (χ0) is 13.1. The minimum atomic E-state index is -0.0819. The monoisotopic (exact) mass is 265 g/mol. The normalized spacial score (nSPS) is 10.4. The molecule has 0 atom stereocenters. The molecular weight excluding hydrogens is 250 g/mol. The summed E-state index contributed by atoms with van der Waals surface area (Å²) >= 11 is 1.50. The van der Waals surface area contributed by atoms with E-state index in [-0.39, 0.29) is 5.91 Å². The average Bonchev–Trinajstić information content (AvgIpc) is 2.94. The molecule has 5 nitrogen and oxygen atoms in total. The molecule has 6 heteroatoms. The fourth-order valence-corrected chi connectivity index (χ4v) is 2.44. The first-order chi connectivity index (χ1) is 8.63. The van der Waals surface area contributed by atoms with Gasteiger partial charge in [0.1, 0.15) is 0 Å². The lowest BCUT2D eigenvalue weighted by atomic mass is 10.2. The molecule has 1 amide bonds. The molecule has 0 aliphatic rings. The van der Waals surface area contributed by atoms with Crippen molar-refractivity contribution in [3.05, 3.63) is 33.6 Å². The van der Waals surface area contributed by atoms with Crippen molar-refractivity contribution in [1.82, 2.24) is 15.1 Å². The molecule has 0 unspecified atom stereocenters. The van der Waals surface area contributed by atoms with Gasteiger partial charge in [-0.3, -0.25) is 4.79 Å². The second kappa shape index (κ2) is 5.22. The molecule has 18 heavy (non-hydrogen) atoms. The van der Waals surface area contributed by atoms with Crippen molar-refractivity contribution in [1.29, 1.82) is 0 Å². The number of carbonyl (C=O) groups excluding carboxylic acids is 1. The highest BCUT2D eigenvalue weighted by Crippen LogP contribution is 2.20. The van der Waals surface area contributed by atoms with Crippen molar-refractivity contribution in [2.45, 2.75) is 13.5 Å². The number of amides is 1. The first-order valence-corrected chi connectivity index (χ1v) is 6.44. The van der Waals surface area contributed by atoms with Crippen molar-refractivity contribution < 1.29 is 9.53 Å². The van der Waals surface area contributed by atoms with E-state index < -0.39 is 0 Å². The molecule has 0 spiro atoms. The Bertz CT molecular complexity index is 546. The van der Waals surface area contributed by atoms with Crippen molar-refractivity contribution >= 4 is 17.2 Å². The summed E-state index contributed by atoms with van der Waals surface area (Å²) < 4.78 is 6.94. The molecule has 0 fully saturated rings. The lowest BCUT2D eigenvalue weighted by Gasteiger charge is -2.06. The summed E-state index contributed by atoms with van der Waals surface area (Å²) in [4.78, 5) is 11.8. The molecule has 2 aromatic heterocycles. The minimum absolute atomic E-state index is 0.0819. The van der Waals surface area contributed by atoms with Crippen molar-refractivity contribution in [3.63, 3.8) is 0 Å². The molecule has 0 radical (unpaired) electrons. The zero-order valence-electron chi connectivity index (χ0n) is 10.6. The van der Waals surface area contributed by atoms with Gasteiger partial charge in [0.2, 0.25) is 5.88 Å². The number of hydrogen-bond acceptors (Lipinski definition) is 4. The Hall–Kier alpha value is -1.82. The maximum atomic E-state index is 11.8. The lowest BCUT2D eigenvalue weighted by molar-refractivity contribution is 0.0951. The molecule has 2 aromatic rings. The Morgan fingerprint density at radius 1 is 1.61 bits per heavy atom. The van der Waals surface area contributed by atoms with E-state index in [1.807, 2.05) is 24.7 Å². The molecule has 96 valence electrons. The molecular formula is C12H15N3O2S.